The average molecular weight is 271 g/mol. The van der Waals surface area contributed by atoms with Crippen molar-refractivity contribution in [3.05, 3.63) is 0 Å². The molecule has 1 saturated heterocycles. The lowest BCUT2D eigenvalue weighted by atomic mass is 9.92. The standard InChI is InChI=1S/C12H21N3O4/c1-7-4-5-15(8(6-7)9(16)17)11(19)14-12(2,3)10(13)18/h7-8H,4-6H2,1-3H3,(H2,13,18)(H,14,19)(H,16,17). The van der Waals surface area contributed by atoms with Gasteiger partial charge in [-0.2, -0.15) is 0 Å². The summed E-state index contributed by atoms with van der Waals surface area (Å²) in [4.78, 5) is 35.7. The Morgan fingerprint density at radius 1 is 1.37 bits per heavy atom. The Balaban J connectivity index is 2.80. The number of likely N-dealkylation sites (tertiary alicyclic amines) is 1. The molecule has 0 saturated carbocycles. The summed E-state index contributed by atoms with van der Waals surface area (Å²) < 4.78 is 0. The Kier molecular flexibility index (Phi) is 4.39. The van der Waals surface area contributed by atoms with Crippen LogP contribution in [0.25, 0.3) is 0 Å². The number of carboxylic acids is 1. The molecule has 0 spiro atoms. The van der Waals surface area contributed by atoms with Crippen LogP contribution in [0.15, 0.2) is 0 Å². The van der Waals surface area contributed by atoms with Crippen LogP contribution >= 0.6 is 0 Å². The van der Waals surface area contributed by atoms with E-state index in [1.165, 1.54) is 18.7 Å². The number of nitrogens with zero attached hydrogens (tertiary/aromatic N) is 1. The average Bonchev–Trinajstić information content (AvgIpc) is 2.27. The molecule has 19 heavy (non-hydrogen) atoms. The predicted molar refractivity (Wildman–Crippen MR) is 68.3 cm³/mol. The van der Waals surface area contributed by atoms with Crippen LogP contribution in [-0.4, -0.2) is 46.0 Å². The lowest BCUT2D eigenvalue weighted by Crippen LogP contribution is -2.60. The minimum Gasteiger partial charge on any atom is -0.480 e. The van der Waals surface area contributed by atoms with E-state index < -0.39 is 29.5 Å². The summed E-state index contributed by atoms with van der Waals surface area (Å²) in [5, 5.41) is 11.6. The molecule has 1 aliphatic rings. The van der Waals surface area contributed by atoms with Crippen molar-refractivity contribution in [3.63, 3.8) is 0 Å². The number of primary amides is 1. The van der Waals surface area contributed by atoms with Crippen molar-refractivity contribution >= 4 is 17.9 Å². The van der Waals surface area contributed by atoms with Crippen LogP contribution in [-0.2, 0) is 9.59 Å². The van der Waals surface area contributed by atoms with E-state index >= 15 is 0 Å². The number of carbonyl (C=O) groups excluding carboxylic acids is 2. The summed E-state index contributed by atoms with van der Waals surface area (Å²) in [6, 6.07) is -1.42. The smallest absolute Gasteiger partial charge is 0.326 e. The largest absolute Gasteiger partial charge is 0.480 e. The molecular formula is C12H21N3O4. The van der Waals surface area contributed by atoms with Crippen molar-refractivity contribution < 1.29 is 19.5 Å². The molecule has 0 aromatic rings. The fourth-order valence-corrected chi connectivity index (χ4v) is 2.02. The van der Waals surface area contributed by atoms with Gasteiger partial charge in [-0.1, -0.05) is 6.92 Å². The molecule has 0 aliphatic carbocycles. The minimum absolute atomic E-state index is 0.259. The third-order valence-electron chi connectivity index (χ3n) is 3.45. The fourth-order valence-electron chi connectivity index (χ4n) is 2.02. The van der Waals surface area contributed by atoms with Crippen molar-refractivity contribution in [1.29, 1.82) is 0 Å². The van der Waals surface area contributed by atoms with Gasteiger partial charge in [0.25, 0.3) is 0 Å². The highest BCUT2D eigenvalue weighted by atomic mass is 16.4. The lowest BCUT2D eigenvalue weighted by Gasteiger charge is -2.37. The monoisotopic (exact) mass is 271 g/mol. The van der Waals surface area contributed by atoms with Gasteiger partial charge in [-0.3, -0.25) is 4.79 Å². The van der Waals surface area contributed by atoms with Crippen LogP contribution in [0.2, 0.25) is 0 Å². The summed E-state index contributed by atoms with van der Waals surface area (Å²) in [5.41, 5.74) is 3.97. The van der Waals surface area contributed by atoms with Gasteiger partial charge in [0.1, 0.15) is 11.6 Å². The second-order valence-electron chi connectivity index (χ2n) is 5.60. The maximum atomic E-state index is 12.1. The molecule has 1 aliphatic heterocycles. The number of hydrogen-bond donors (Lipinski definition) is 3. The molecule has 1 rings (SSSR count). The molecule has 0 bridgehead atoms. The van der Waals surface area contributed by atoms with Gasteiger partial charge in [0, 0.05) is 6.54 Å². The zero-order chi connectivity index (χ0) is 14.8. The predicted octanol–water partition coefficient (Wildman–Crippen LogP) is 0.145. The van der Waals surface area contributed by atoms with Gasteiger partial charge in [-0.05, 0) is 32.6 Å². The first-order valence-electron chi connectivity index (χ1n) is 6.26. The molecule has 7 nitrogen and oxygen atoms in total. The zero-order valence-electron chi connectivity index (χ0n) is 11.5. The van der Waals surface area contributed by atoms with Crippen molar-refractivity contribution in [2.45, 2.75) is 45.2 Å². The number of amides is 3. The highest BCUT2D eigenvalue weighted by Gasteiger charge is 2.37. The van der Waals surface area contributed by atoms with E-state index in [-0.39, 0.29) is 5.92 Å². The van der Waals surface area contributed by atoms with E-state index in [9.17, 15) is 14.4 Å². The maximum Gasteiger partial charge on any atom is 0.326 e. The van der Waals surface area contributed by atoms with Crippen LogP contribution in [0.4, 0.5) is 4.79 Å². The van der Waals surface area contributed by atoms with Crippen molar-refractivity contribution in [1.82, 2.24) is 10.2 Å². The van der Waals surface area contributed by atoms with Gasteiger partial charge < -0.3 is 21.1 Å². The van der Waals surface area contributed by atoms with E-state index in [4.69, 9.17) is 10.8 Å². The first-order valence-corrected chi connectivity index (χ1v) is 6.26. The number of piperidine rings is 1. The summed E-state index contributed by atoms with van der Waals surface area (Å²) >= 11 is 0. The molecule has 7 heteroatoms. The first-order chi connectivity index (χ1) is 8.65. The highest BCUT2D eigenvalue weighted by molar-refractivity contribution is 5.90. The molecular weight excluding hydrogens is 250 g/mol. The van der Waals surface area contributed by atoms with E-state index in [0.717, 1.165) is 6.42 Å². The summed E-state index contributed by atoms with van der Waals surface area (Å²) in [6.45, 7) is 5.28. The summed E-state index contributed by atoms with van der Waals surface area (Å²) in [6.07, 6.45) is 1.16. The number of rotatable bonds is 3. The van der Waals surface area contributed by atoms with Crippen molar-refractivity contribution in [3.8, 4) is 0 Å². The van der Waals surface area contributed by atoms with Crippen LogP contribution in [0.5, 0.6) is 0 Å². The van der Waals surface area contributed by atoms with E-state index in [2.05, 4.69) is 5.32 Å². The number of nitrogens with one attached hydrogen (secondary N) is 1. The minimum atomic E-state index is -1.21. The highest BCUT2D eigenvalue weighted by Crippen LogP contribution is 2.23. The molecule has 3 amide bonds. The van der Waals surface area contributed by atoms with E-state index in [0.29, 0.717) is 13.0 Å². The summed E-state index contributed by atoms with van der Waals surface area (Å²) in [5.74, 6) is -1.44. The van der Waals surface area contributed by atoms with Crippen LogP contribution in [0.1, 0.15) is 33.6 Å². The van der Waals surface area contributed by atoms with Gasteiger partial charge in [0.15, 0.2) is 0 Å². The number of aliphatic carboxylic acids is 1. The second-order valence-corrected chi connectivity index (χ2v) is 5.60. The third kappa shape index (κ3) is 3.59. The Labute approximate surface area is 112 Å². The number of carboxylic acid groups (broad SMARTS) is 1. The normalized spacial score (nSPS) is 23.8. The maximum absolute atomic E-state index is 12.1. The topological polar surface area (TPSA) is 113 Å². The number of urea groups is 1. The molecule has 1 fully saturated rings. The molecule has 108 valence electrons. The molecule has 1 heterocycles. The Bertz CT molecular complexity index is 394. The quantitative estimate of drug-likeness (QED) is 0.677. The Morgan fingerprint density at radius 2 is 1.95 bits per heavy atom. The van der Waals surface area contributed by atoms with Crippen LogP contribution in [0.3, 0.4) is 0 Å². The van der Waals surface area contributed by atoms with Gasteiger partial charge in [-0.25, -0.2) is 9.59 Å². The SMILES string of the molecule is CC1CCN(C(=O)NC(C)(C)C(N)=O)C(C(=O)O)C1. The molecule has 4 N–H and O–H groups in total. The van der Waals surface area contributed by atoms with E-state index in [1.54, 1.807) is 0 Å². The van der Waals surface area contributed by atoms with Crippen molar-refractivity contribution in [2.75, 3.05) is 6.54 Å². The molecule has 0 radical (unpaired) electrons. The number of nitrogens with two attached hydrogens (primary N) is 1. The van der Waals surface area contributed by atoms with Gasteiger partial charge >= 0.3 is 12.0 Å². The zero-order valence-corrected chi connectivity index (χ0v) is 11.5. The Morgan fingerprint density at radius 3 is 2.42 bits per heavy atom. The lowest BCUT2D eigenvalue weighted by molar-refractivity contribution is -0.143. The van der Waals surface area contributed by atoms with Crippen LogP contribution in [0, 0.1) is 5.92 Å². The Hall–Kier alpha value is -1.79. The molecule has 0 aromatic carbocycles. The molecule has 0 aromatic heterocycles. The van der Waals surface area contributed by atoms with Crippen LogP contribution < -0.4 is 11.1 Å². The molecule has 2 atom stereocenters. The number of carbonyl (C=O) groups is 3. The number of hydrogen-bond acceptors (Lipinski definition) is 3. The second kappa shape index (κ2) is 5.46. The third-order valence-corrected chi connectivity index (χ3v) is 3.45. The first kappa shape index (κ1) is 15.3. The fraction of sp³-hybridized carbons (Fsp3) is 0.750. The summed E-state index contributed by atoms with van der Waals surface area (Å²) in [7, 11) is 0. The van der Waals surface area contributed by atoms with E-state index in [1.807, 2.05) is 6.92 Å². The van der Waals surface area contributed by atoms with Crippen molar-refractivity contribution in [2.24, 2.45) is 11.7 Å². The molecule has 2 unspecified atom stereocenters. The van der Waals surface area contributed by atoms with Gasteiger partial charge in [-0.15, -0.1) is 0 Å². The van der Waals surface area contributed by atoms with Gasteiger partial charge in [0.2, 0.25) is 5.91 Å². The van der Waals surface area contributed by atoms with Gasteiger partial charge in [0.05, 0.1) is 0 Å².